The van der Waals surface area contributed by atoms with Crippen LogP contribution >= 0.6 is 11.3 Å². The van der Waals surface area contributed by atoms with Crippen molar-refractivity contribution in [1.82, 2.24) is 9.88 Å². The summed E-state index contributed by atoms with van der Waals surface area (Å²) < 4.78 is 6.32. The lowest BCUT2D eigenvalue weighted by Gasteiger charge is -2.50. The fourth-order valence-corrected chi connectivity index (χ4v) is 5.48. The predicted octanol–water partition coefficient (Wildman–Crippen LogP) is 2.28. The molecule has 0 saturated carbocycles. The smallest absolute Gasteiger partial charge is 0.291 e. The van der Waals surface area contributed by atoms with Gasteiger partial charge < -0.3 is 4.74 Å². The van der Waals surface area contributed by atoms with Gasteiger partial charge in [-0.1, -0.05) is 0 Å². The van der Waals surface area contributed by atoms with E-state index in [1.165, 1.54) is 55.8 Å². The Morgan fingerprint density at radius 2 is 2.09 bits per heavy atom. The molecule has 0 aromatic carbocycles. The molecule has 1 aromatic rings. The van der Waals surface area contributed by atoms with E-state index in [4.69, 9.17) is 9.72 Å². The van der Waals surface area contributed by atoms with Gasteiger partial charge in [-0.05, 0) is 51.6 Å². The summed E-state index contributed by atoms with van der Waals surface area (Å²) in [6.45, 7) is 4.32. The first-order valence-corrected chi connectivity index (χ1v) is 9.34. The predicted molar refractivity (Wildman–Crippen MR) is 87.7 cm³/mol. The molecule has 1 aliphatic carbocycles. The van der Waals surface area contributed by atoms with E-state index in [2.05, 4.69) is 15.2 Å². The number of piperidine rings is 3. The van der Waals surface area contributed by atoms with Crippen molar-refractivity contribution in [2.24, 2.45) is 10.9 Å². The van der Waals surface area contributed by atoms with E-state index >= 15 is 0 Å². The number of ether oxygens (including phenoxy) is 1. The van der Waals surface area contributed by atoms with Crippen LogP contribution in [0.1, 0.15) is 36.3 Å². The van der Waals surface area contributed by atoms with E-state index in [0.717, 1.165) is 24.6 Å². The molecule has 5 heterocycles. The average molecular weight is 318 g/mol. The maximum atomic E-state index is 6.32. The van der Waals surface area contributed by atoms with Gasteiger partial charge in [-0.25, -0.2) is 9.98 Å². The molecule has 3 saturated heterocycles. The Hall–Kier alpha value is -1.14. The van der Waals surface area contributed by atoms with Crippen molar-refractivity contribution < 1.29 is 4.74 Å². The van der Waals surface area contributed by atoms with Crippen LogP contribution in [0.5, 0.6) is 0 Å². The molecule has 0 amide bonds. The van der Waals surface area contributed by atoms with Gasteiger partial charge >= 0.3 is 0 Å². The summed E-state index contributed by atoms with van der Waals surface area (Å²) in [5, 5.41) is 4.31. The number of thiazole rings is 1. The fraction of sp³-hybridized carbons (Fsp3) is 0.750. The van der Waals surface area contributed by atoms with Crippen molar-refractivity contribution in [3.8, 4) is 0 Å². The quantitative estimate of drug-likeness (QED) is 0.863. The van der Waals surface area contributed by atoms with Gasteiger partial charge in [-0.15, -0.1) is 11.3 Å². The van der Waals surface area contributed by atoms with Gasteiger partial charge in [0.15, 0.2) is 5.13 Å². The molecule has 5 aliphatic rings. The first-order chi connectivity index (χ1) is 10.8. The zero-order valence-electron chi connectivity index (χ0n) is 12.8. The summed E-state index contributed by atoms with van der Waals surface area (Å²) in [6.07, 6.45) is 7.40. The Bertz CT molecular complexity index is 596. The van der Waals surface area contributed by atoms with Crippen LogP contribution in [-0.2, 0) is 17.6 Å². The van der Waals surface area contributed by atoms with Crippen molar-refractivity contribution in [2.75, 3.05) is 31.5 Å². The summed E-state index contributed by atoms with van der Waals surface area (Å²) in [6, 6.07) is 0.694. The first-order valence-electron chi connectivity index (χ1n) is 8.52. The molecule has 0 unspecified atom stereocenters. The summed E-state index contributed by atoms with van der Waals surface area (Å²) in [5.41, 5.74) is 1.23. The summed E-state index contributed by atoms with van der Waals surface area (Å²) in [5.74, 6) is 0.671. The largest absolute Gasteiger partial charge is 0.455 e. The van der Waals surface area contributed by atoms with Crippen molar-refractivity contribution in [2.45, 2.75) is 44.1 Å². The minimum absolute atomic E-state index is 0.0598. The second-order valence-electron chi connectivity index (χ2n) is 7.06. The fourth-order valence-electron chi connectivity index (χ4n) is 4.44. The van der Waals surface area contributed by atoms with Crippen LogP contribution in [0.3, 0.4) is 0 Å². The molecule has 6 rings (SSSR count). The normalized spacial score (nSPS) is 36.1. The zero-order chi connectivity index (χ0) is 14.6. The Balaban J connectivity index is 1.30. The monoisotopic (exact) mass is 318 g/mol. The van der Waals surface area contributed by atoms with E-state index in [1.54, 1.807) is 11.3 Å². The third-order valence-corrected chi connectivity index (χ3v) is 6.75. The lowest BCUT2D eigenvalue weighted by molar-refractivity contribution is -0.0829. The lowest BCUT2D eigenvalue weighted by Crippen LogP contribution is -2.61. The molecule has 3 fully saturated rings. The Labute approximate surface area is 134 Å². The third kappa shape index (κ3) is 2.07. The Kier molecular flexibility index (Phi) is 2.98. The standard InChI is InChI=1S/C16H22N4OS/c1-2-4-13-12(3-1)18-15(22-13)19-14-17-9-16(21-14)10-20-7-5-11(16)6-8-20/h11H,1-10H2,(H,17,18,19)/t16-/m1/s1. The van der Waals surface area contributed by atoms with E-state index in [1.807, 2.05) is 0 Å². The topological polar surface area (TPSA) is 49.8 Å². The molecule has 1 N–H and O–H groups in total. The maximum absolute atomic E-state index is 6.32. The molecular weight excluding hydrogens is 296 g/mol. The third-order valence-electron chi connectivity index (χ3n) is 5.67. The maximum Gasteiger partial charge on any atom is 0.291 e. The molecule has 5 nitrogen and oxygen atoms in total. The van der Waals surface area contributed by atoms with Crippen molar-refractivity contribution in [3.63, 3.8) is 0 Å². The van der Waals surface area contributed by atoms with Crippen molar-refractivity contribution >= 4 is 22.5 Å². The second kappa shape index (κ2) is 4.93. The molecule has 2 bridgehead atoms. The number of rotatable bonds is 1. The summed E-state index contributed by atoms with van der Waals surface area (Å²) >= 11 is 1.78. The molecular formula is C16H22N4OS. The van der Waals surface area contributed by atoms with Gasteiger partial charge in [0, 0.05) is 17.3 Å². The highest BCUT2D eigenvalue weighted by atomic mass is 32.1. The van der Waals surface area contributed by atoms with Gasteiger partial charge in [-0.3, -0.25) is 10.2 Å². The van der Waals surface area contributed by atoms with Crippen LogP contribution in [0, 0.1) is 5.92 Å². The number of amidine groups is 1. The van der Waals surface area contributed by atoms with Crippen LogP contribution in [0.15, 0.2) is 4.99 Å². The van der Waals surface area contributed by atoms with Crippen LogP contribution in [-0.4, -0.2) is 47.7 Å². The molecule has 1 aromatic heterocycles. The number of nitrogens with zero attached hydrogens (tertiary/aromatic N) is 3. The molecule has 1 atom stereocenters. The number of aliphatic imine (C=N–C) groups is 1. The molecule has 118 valence electrons. The van der Waals surface area contributed by atoms with Crippen LogP contribution in [0.2, 0.25) is 0 Å². The SMILES string of the molecule is C1CCc2sc(NC3=NC[C@]4(CN5CCC4CC5)O3)nc2C1. The highest BCUT2D eigenvalue weighted by Gasteiger charge is 2.51. The first kappa shape index (κ1) is 13.3. The number of hydrogen-bond acceptors (Lipinski definition) is 6. The van der Waals surface area contributed by atoms with Gasteiger partial charge in [-0.2, -0.15) is 0 Å². The molecule has 0 radical (unpaired) electrons. The minimum Gasteiger partial charge on any atom is -0.455 e. The number of anilines is 1. The number of nitrogens with one attached hydrogen (secondary N) is 1. The van der Waals surface area contributed by atoms with Crippen LogP contribution < -0.4 is 5.32 Å². The number of hydrogen-bond donors (Lipinski definition) is 1. The zero-order valence-corrected chi connectivity index (χ0v) is 13.6. The van der Waals surface area contributed by atoms with E-state index < -0.39 is 0 Å². The molecule has 4 aliphatic heterocycles. The highest BCUT2D eigenvalue weighted by Crippen LogP contribution is 2.41. The average Bonchev–Trinajstić information content (AvgIpc) is 3.12. The summed E-state index contributed by atoms with van der Waals surface area (Å²) in [4.78, 5) is 13.4. The van der Waals surface area contributed by atoms with Crippen molar-refractivity contribution in [3.05, 3.63) is 10.6 Å². The number of aryl methyl sites for hydroxylation is 2. The minimum atomic E-state index is -0.0598. The second-order valence-corrected chi connectivity index (χ2v) is 8.14. The van der Waals surface area contributed by atoms with Gasteiger partial charge in [0.05, 0.1) is 12.2 Å². The highest BCUT2D eigenvalue weighted by molar-refractivity contribution is 7.15. The van der Waals surface area contributed by atoms with Gasteiger partial charge in [0.1, 0.15) is 5.60 Å². The summed E-state index contributed by atoms with van der Waals surface area (Å²) in [7, 11) is 0. The molecule has 1 spiro atoms. The number of aromatic nitrogens is 1. The Morgan fingerprint density at radius 1 is 1.23 bits per heavy atom. The molecule has 6 heteroatoms. The van der Waals surface area contributed by atoms with Crippen molar-refractivity contribution in [1.29, 1.82) is 0 Å². The van der Waals surface area contributed by atoms with E-state index in [-0.39, 0.29) is 5.60 Å². The number of fused-ring (bicyclic) bond motifs is 3. The lowest BCUT2D eigenvalue weighted by atomic mass is 9.75. The molecule has 22 heavy (non-hydrogen) atoms. The van der Waals surface area contributed by atoms with Crippen LogP contribution in [0.25, 0.3) is 0 Å². The van der Waals surface area contributed by atoms with E-state index in [0.29, 0.717) is 11.9 Å². The van der Waals surface area contributed by atoms with Gasteiger partial charge in [0.2, 0.25) is 0 Å². The Morgan fingerprint density at radius 3 is 2.86 bits per heavy atom. The van der Waals surface area contributed by atoms with Crippen LogP contribution in [0.4, 0.5) is 5.13 Å². The van der Waals surface area contributed by atoms with Gasteiger partial charge in [0.25, 0.3) is 6.02 Å². The van der Waals surface area contributed by atoms with E-state index in [9.17, 15) is 0 Å².